The van der Waals surface area contributed by atoms with Gasteiger partial charge in [0.2, 0.25) is 0 Å². The second kappa shape index (κ2) is 8.47. The summed E-state index contributed by atoms with van der Waals surface area (Å²) >= 11 is 5.77. The highest BCUT2D eigenvalue weighted by atomic mass is 35.5. The fourth-order valence-corrected chi connectivity index (χ4v) is 2.04. The highest BCUT2D eigenvalue weighted by Gasteiger charge is 2.18. The molecule has 0 saturated carbocycles. The summed E-state index contributed by atoms with van der Waals surface area (Å²) < 4.78 is 5.44. The van der Waals surface area contributed by atoms with Gasteiger partial charge in [-0.25, -0.2) is 0 Å². The molecule has 114 valence electrons. The number of nitrogens with one attached hydrogen (secondary N) is 1. The van der Waals surface area contributed by atoms with Crippen molar-refractivity contribution >= 4 is 11.6 Å². The van der Waals surface area contributed by atoms with Gasteiger partial charge in [-0.15, -0.1) is 0 Å². The standard InChI is InChI=1S/C15H24ClNO3/c1-3-8-15(2,19)11-17-9-13(18)10-20-14-6-4-12(16)5-7-14/h4-7,13,17-19H,3,8-11H2,1-2H3. The molecule has 0 amide bonds. The maximum Gasteiger partial charge on any atom is 0.119 e. The van der Waals surface area contributed by atoms with Crippen molar-refractivity contribution in [2.24, 2.45) is 0 Å². The molecule has 2 atom stereocenters. The van der Waals surface area contributed by atoms with E-state index < -0.39 is 11.7 Å². The Hall–Kier alpha value is -0.810. The third-order valence-electron chi connectivity index (χ3n) is 2.93. The second-order valence-electron chi connectivity index (χ2n) is 5.30. The minimum atomic E-state index is -0.731. The highest BCUT2D eigenvalue weighted by Crippen LogP contribution is 2.15. The first-order valence-electron chi connectivity index (χ1n) is 6.92. The second-order valence-corrected chi connectivity index (χ2v) is 5.73. The summed E-state index contributed by atoms with van der Waals surface area (Å²) in [7, 11) is 0. The third kappa shape index (κ3) is 7.10. The van der Waals surface area contributed by atoms with Crippen molar-refractivity contribution in [3.8, 4) is 5.75 Å². The lowest BCUT2D eigenvalue weighted by Crippen LogP contribution is -2.41. The van der Waals surface area contributed by atoms with E-state index in [2.05, 4.69) is 5.32 Å². The molecule has 0 radical (unpaired) electrons. The molecule has 20 heavy (non-hydrogen) atoms. The summed E-state index contributed by atoms with van der Waals surface area (Å²) in [5, 5.41) is 23.5. The SMILES string of the molecule is CCCC(C)(O)CNCC(O)COc1ccc(Cl)cc1. The lowest BCUT2D eigenvalue weighted by atomic mass is 10.0. The Morgan fingerprint density at radius 3 is 2.60 bits per heavy atom. The first kappa shape index (κ1) is 17.2. The van der Waals surface area contributed by atoms with Crippen molar-refractivity contribution in [1.82, 2.24) is 5.32 Å². The van der Waals surface area contributed by atoms with Gasteiger partial charge < -0.3 is 20.3 Å². The number of rotatable bonds is 9. The van der Waals surface area contributed by atoms with Crippen LogP contribution >= 0.6 is 11.6 Å². The molecule has 0 aliphatic heterocycles. The predicted molar refractivity (Wildman–Crippen MR) is 81.4 cm³/mol. The summed E-state index contributed by atoms with van der Waals surface area (Å²) in [5.41, 5.74) is -0.731. The van der Waals surface area contributed by atoms with E-state index >= 15 is 0 Å². The van der Waals surface area contributed by atoms with Crippen LogP contribution in [0.4, 0.5) is 0 Å². The van der Waals surface area contributed by atoms with Gasteiger partial charge in [-0.05, 0) is 37.6 Å². The number of hydrogen-bond acceptors (Lipinski definition) is 4. The number of hydrogen-bond donors (Lipinski definition) is 3. The van der Waals surface area contributed by atoms with Crippen LogP contribution in [0.25, 0.3) is 0 Å². The fraction of sp³-hybridized carbons (Fsp3) is 0.600. The number of aliphatic hydroxyl groups is 2. The average Bonchev–Trinajstić information content (AvgIpc) is 2.37. The molecule has 0 spiro atoms. The smallest absolute Gasteiger partial charge is 0.119 e. The molecule has 1 aromatic carbocycles. The molecule has 0 bridgehead atoms. The van der Waals surface area contributed by atoms with E-state index in [0.717, 1.165) is 12.8 Å². The van der Waals surface area contributed by atoms with E-state index in [9.17, 15) is 10.2 Å². The van der Waals surface area contributed by atoms with Gasteiger partial charge in [0.15, 0.2) is 0 Å². The summed E-state index contributed by atoms with van der Waals surface area (Å²) in [4.78, 5) is 0. The fourth-order valence-electron chi connectivity index (χ4n) is 1.92. The minimum Gasteiger partial charge on any atom is -0.491 e. The normalized spacial score (nSPS) is 15.7. The van der Waals surface area contributed by atoms with Crippen molar-refractivity contribution in [3.05, 3.63) is 29.3 Å². The first-order chi connectivity index (χ1) is 9.43. The molecule has 0 fully saturated rings. The molecule has 1 rings (SSSR count). The Morgan fingerprint density at radius 1 is 1.35 bits per heavy atom. The van der Waals surface area contributed by atoms with Crippen LogP contribution < -0.4 is 10.1 Å². The van der Waals surface area contributed by atoms with E-state index in [1.165, 1.54) is 0 Å². The molecule has 0 heterocycles. The summed E-state index contributed by atoms with van der Waals surface area (Å²) in [5.74, 6) is 0.673. The van der Waals surface area contributed by atoms with Crippen molar-refractivity contribution in [2.75, 3.05) is 19.7 Å². The van der Waals surface area contributed by atoms with Crippen LogP contribution in [0.1, 0.15) is 26.7 Å². The van der Waals surface area contributed by atoms with Crippen molar-refractivity contribution in [1.29, 1.82) is 0 Å². The topological polar surface area (TPSA) is 61.7 Å². The molecule has 0 aromatic heterocycles. The van der Waals surface area contributed by atoms with Gasteiger partial charge in [-0.1, -0.05) is 24.9 Å². The molecule has 4 nitrogen and oxygen atoms in total. The van der Waals surface area contributed by atoms with Gasteiger partial charge in [0.25, 0.3) is 0 Å². The first-order valence-corrected chi connectivity index (χ1v) is 7.30. The molecule has 0 saturated heterocycles. The van der Waals surface area contributed by atoms with E-state index in [4.69, 9.17) is 16.3 Å². The van der Waals surface area contributed by atoms with Gasteiger partial charge in [0.05, 0.1) is 5.60 Å². The van der Waals surface area contributed by atoms with Crippen LogP contribution in [0.5, 0.6) is 5.75 Å². The van der Waals surface area contributed by atoms with Gasteiger partial charge in [-0.3, -0.25) is 0 Å². The third-order valence-corrected chi connectivity index (χ3v) is 3.18. The maximum atomic E-state index is 9.97. The monoisotopic (exact) mass is 301 g/mol. The largest absolute Gasteiger partial charge is 0.491 e. The van der Waals surface area contributed by atoms with Crippen LogP contribution in [0.2, 0.25) is 5.02 Å². The Labute approximate surface area is 125 Å². The Kier molecular flexibility index (Phi) is 7.30. The zero-order chi connectivity index (χ0) is 15.0. The van der Waals surface area contributed by atoms with Crippen molar-refractivity contribution < 1.29 is 14.9 Å². The lowest BCUT2D eigenvalue weighted by molar-refractivity contribution is 0.0427. The molecule has 0 aliphatic rings. The molecule has 2 unspecified atom stereocenters. The minimum absolute atomic E-state index is 0.199. The van der Waals surface area contributed by atoms with Gasteiger partial charge in [0.1, 0.15) is 18.5 Å². The Bertz CT molecular complexity index is 381. The summed E-state index contributed by atoms with van der Waals surface area (Å²) in [6, 6.07) is 7.00. The van der Waals surface area contributed by atoms with Gasteiger partial charge in [-0.2, -0.15) is 0 Å². The van der Waals surface area contributed by atoms with Crippen LogP contribution in [0.15, 0.2) is 24.3 Å². The molecule has 5 heteroatoms. The molecule has 1 aromatic rings. The number of aliphatic hydroxyl groups excluding tert-OH is 1. The quantitative estimate of drug-likeness (QED) is 0.654. The Balaban J connectivity index is 2.20. The zero-order valence-corrected chi connectivity index (χ0v) is 12.9. The van der Waals surface area contributed by atoms with Gasteiger partial charge in [0, 0.05) is 18.1 Å². The highest BCUT2D eigenvalue weighted by molar-refractivity contribution is 6.30. The van der Waals surface area contributed by atoms with E-state index in [-0.39, 0.29) is 6.61 Å². The molecular weight excluding hydrogens is 278 g/mol. The number of benzene rings is 1. The van der Waals surface area contributed by atoms with Crippen molar-refractivity contribution in [3.63, 3.8) is 0 Å². The Morgan fingerprint density at radius 2 is 2.00 bits per heavy atom. The predicted octanol–water partition coefficient (Wildman–Crippen LogP) is 2.22. The van der Waals surface area contributed by atoms with Crippen LogP contribution in [-0.2, 0) is 0 Å². The van der Waals surface area contributed by atoms with Crippen molar-refractivity contribution in [2.45, 2.75) is 38.4 Å². The van der Waals surface area contributed by atoms with Crippen LogP contribution in [-0.4, -0.2) is 41.6 Å². The van der Waals surface area contributed by atoms with Crippen LogP contribution in [0.3, 0.4) is 0 Å². The van der Waals surface area contributed by atoms with E-state index in [0.29, 0.717) is 23.9 Å². The average molecular weight is 302 g/mol. The number of ether oxygens (including phenoxy) is 1. The molecular formula is C15H24ClNO3. The van der Waals surface area contributed by atoms with E-state index in [1.54, 1.807) is 31.2 Å². The van der Waals surface area contributed by atoms with Gasteiger partial charge >= 0.3 is 0 Å². The van der Waals surface area contributed by atoms with E-state index in [1.807, 2.05) is 6.92 Å². The summed E-state index contributed by atoms with van der Waals surface area (Å²) in [6.45, 7) is 4.86. The number of halogens is 1. The van der Waals surface area contributed by atoms with Crippen LogP contribution in [0, 0.1) is 0 Å². The molecule has 3 N–H and O–H groups in total. The lowest BCUT2D eigenvalue weighted by Gasteiger charge is -2.24. The maximum absolute atomic E-state index is 9.97. The zero-order valence-electron chi connectivity index (χ0n) is 12.1. The molecule has 0 aliphatic carbocycles. The summed E-state index contributed by atoms with van der Waals surface area (Å²) in [6.07, 6.45) is 1.04.